The van der Waals surface area contributed by atoms with Crippen molar-refractivity contribution < 1.29 is 0 Å². The third kappa shape index (κ3) is 3.90. The summed E-state index contributed by atoms with van der Waals surface area (Å²) >= 11 is 3.57. The van der Waals surface area contributed by atoms with Crippen LogP contribution in [0, 0.1) is 0 Å². The molecule has 0 aliphatic carbocycles. The zero-order chi connectivity index (χ0) is 25.9. The summed E-state index contributed by atoms with van der Waals surface area (Å²) in [6.07, 6.45) is 4.09. The highest BCUT2D eigenvalue weighted by atomic mass is 79.9. The van der Waals surface area contributed by atoms with Crippen LogP contribution in [0.5, 0.6) is 0 Å². The highest BCUT2D eigenvalue weighted by Crippen LogP contribution is 2.41. The molecule has 0 spiro atoms. The van der Waals surface area contributed by atoms with E-state index in [1.54, 1.807) is 0 Å². The van der Waals surface area contributed by atoms with Gasteiger partial charge in [-0.3, -0.25) is 0 Å². The Balaban J connectivity index is 1.50. The van der Waals surface area contributed by atoms with Crippen LogP contribution in [0.25, 0.3) is 78.6 Å². The van der Waals surface area contributed by atoms with Gasteiger partial charge in [-0.25, -0.2) is 9.97 Å². The van der Waals surface area contributed by atoms with Gasteiger partial charge >= 0.3 is 0 Å². The summed E-state index contributed by atoms with van der Waals surface area (Å²) in [5.41, 5.74) is 12.3. The second-order valence-corrected chi connectivity index (χ2v) is 10.8. The molecule has 0 amide bonds. The van der Waals surface area contributed by atoms with Gasteiger partial charge in [0.05, 0.1) is 22.8 Å². The van der Waals surface area contributed by atoms with Crippen molar-refractivity contribution in [3.8, 4) is 33.6 Å². The molecular formula is C34H21BrN4. The van der Waals surface area contributed by atoms with Gasteiger partial charge in [0.25, 0.3) is 0 Å². The number of halogens is 1. The summed E-state index contributed by atoms with van der Waals surface area (Å²) < 4.78 is 1.05. The Bertz CT molecular complexity index is 2130. The Morgan fingerprint density at radius 1 is 0.564 bits per heavy atom. The Labute approximate surface area is 232 Å². The van der Waals surface area contributed by atoms with E-state index in [4.69, 9.17) is 9.97 Å². The Kier molecular flexibility index (Phi) is 4.94. The maximum atomic E-state index is 5.21. The molecule has 8 bridgehead atoms. The van der Waals surface area contributed by atoms with Crippen LogP contribution in [-0.2, 0) is 0 Å². The van der Waals surface area contributed by atoms with Crippen LogP contribution in [0.3, 0.4) is 0 Å². The van der Waals surface area contributed by atoms with E-state index in [2.05, 4.69) is 129 Å². The van der Waals surface area contributed by atoms with Gasteiger partial charge < -0.3 is 9.97 Å². The van der Waals surface area contributed by atoms with Crippen molar-refractivity contribution >= 4 is 60.9 Å². The van der Waals surface area contributed by atoms with Crippen molar-refractivity contribution in [1.29, 1.82) is 0 Å². The molecule has 5 heteroatoms. The molecule has 5 heterocycles. The van der Waals surface area contributed by atoms with Crippen molar-refractivity contribution in [2.24, 2.45) is 0 Å². The van der Waals surface area contributed by atoms with Gasteiger partial charge in [0.15, 0.2) is 0 Å². The van der Waals surface area contributed by atoms with Gasteiger partial charge in [0.2, 0.25) is 0 Å². The zero-order valence-electron chi connectivity index (χ0n) is 20.7. The number of benzene rings is 3. The number of nitrogens with zero attached hydrogens (tertiary/aromatic N) is 2. The van der Waals surface area contributed by atoms with E-state index in [0.29, 0.717) is 0 Å². The van der Waals surface area contributed by atoms with E-state index < -0.39 is 0 Å². The summed E-state index contributed by atoms with van der Waals surface area (Å²) in [4.78, 5) is 17.2. The number of hydrogen-bond donors (Lipinski definition) is 2. The smallest absolute Gasteiger partial charge is 0.0743 e. The molecule has 39 heavy (non-hydrogen) atoms. The summed E-state index contributed by atoms with van der Waals surface area (Å²) in [5.74, 6) is 0. The van der Waals surface area contributed by atoms with Crippen molar-refractivity contribution in [3.63, 3.8) is 0 Å². The third-order valence-corrected chi connectivity index (χ3v) is 7.85. The molecule has 0 fully saturated rings. The molecule has 184 valence electrons. The third-order valence-electron chi connectivity index (χ3n) is 7.32. The van der Waals surface area contributed by atoms with E-state index in [1.165, 1.54) is 10.8 Å². The first kappa shape index (κ1) is 22.3. The first-order valence-corrected chi connectivity index (χ1v) is 13.6. The van der Waals surface area contributed by atoms with E-state index in [-0.39, 0.29) is 0 Å². The van der Waals surface area contributed by atoms with Crippen LogP contribution in [0.4, 0.5) is 0 Å². The molecule has 4 nitrogen and oxygen atoms in total. The average Bonchev–Trinajstić information content (AvgIpc) is 3.73. The highest BCUT2D eigenvalue weighted by molar-refractivity contribution is 9.10. The monoisotopic (exact) mass is 564 g/mol. The first-order valence-electron chi connectivity index (χ1n) is 12.9. The highest BCUT2D eigenvalue weighted by Gasteiger charge is 2.19. The molecule has 0 saturated heterocycles. The minimum Gasteiger partial charge on any atom is -0.355 e. The fourth-order valence-electron chi connectivity index (χ4n) is 5.53. The van der Waals surface area contributed by atoms with E-state index in [0.717, 1.165) is 71.6 Å². The molecule has 3 aromatic heterocycles. The average molecular weight is 565 g/mol. The molecular weight excluding hydrogens is 544 g/mol. The van der Waals surface area contributed by atoms with Gasteiger partial charge in [-0.05, 0) is 83.1 Å². The van der Waals surface area contributed by atoms with Gasteiger partial charge in [-0.15, -0.1) is 0 Å². The van der Waals surface area contributed by atoms with Crippen LogP contribution in [0.2, 0.25) is 0 Å². The lowest BCUT2D eigenvalue weighted by Crippen LogP contribution is -1.81. The van der Waals surface area contributed by atoms with Gasteiger partial charge in [-0.1, -0.05) is 64.5 Å². The lowest BCUT2D eigenvalue weighted by molar-refractivity contribution is 1.32. The Morgan fingerprint density at radius 2 is 1.33 bits per heavy atom. The normalized spacial score (nSPS) is 12.1. The predicted octanol–water partition coefficient (Wildman–Crippen LogP) is 9.40. The van der Waals surface area contributed by atoms with E-state index in [9.17, 15) is 0 Å². The summed E-state index contributed by atoms with van der Waals surface area (Å²) in [5, 5.41) is 2.40. The standard InChI is InChI=1S/C34H21BrN4/c35-22-8-5-21(6-9-22)30-17-27-16-25-11-10-23(36-25)15-24-12-13-26(37-24)18-33-34-28-4-2-1-3-20(28)7-14-29(34)31(39-33)19-32(30)38-27/h1-19,37-38H. The molecule has 2 aliphatic heterocycles. The zero-order valence-corrected chi connectivity index (χ0v) is 22.3. The fourth-order valence-corrected chi connectivity index (χ4v) is 5.79. The van der Waals surface area contributed by atoms with Crippen LogP contribution in [-0.4, -0.2) is 19.9 Å². The number of fused-ring (bicyclic) bond motifs is 13. The number of nitrogens with one attached hydrogen (secondary N) is 2. The summed E-state index contributed by atoms with van der Waals surface area (Å²) in [6, 6.07) is 36.2. The van der Waals surface area contributed by atoms with Gasteiger partial charge in [0, 0.05) is 43.2 Å². The molecule has 0 atom stereocenters. The van der Waals surface area contributed by atoms with Crippen molar-refractivity contribution in [3.05, 3.63) is 119 Å². The van der Waals surface area contributed by atoms with Crippen LogP contribution >= 0.6 is 15.9 Å². The summed E-state index contributed by atoms with van der Waals surface area (Å²) in [6.45, 7) is 0. The number of rotatable bonds is 1. The van der Waals surface area contributed by atoms with Crippen molar-refractivity contribution in [2.45, 2.75) is 0 Å². The summed E-state index contributed by atoms with van der Waals surface area (Å²) in [7, 11) is 0. The largest absolute Gasteiger partial charge is 0.355 e. The number of hydrogen-bond acceptors (Lipinski definition) is 2. The SMILES string of the molecule is Brc1ccc(-c2cc3cc4nc(cc5ccc(cc6nc(cc2[nH]3)-c2ccc3ccccc3c2-6)[nH]5)C=C4)cc1. The minimum atomic E-state index is 0.910. The molecule has 2 aliphatic rings. The molecule has 6 aromatic rings. The van der Waals surface area contributed by atoms with Crippen LogP contribution in [0.15, 0.2) is 108 Å². The lowest BCUT2D eigenvalue weighted by atomic mass is 9.97. The van der Waals surface area contributed by atoms with Gasteiger partial charge in [0.1, 0.15) is 0 Å². The lowest BCUT2D eigenvalue weighted by Gasteiger charge is -2.05. The van der Waals surface area contributed by atoms with Gasteiger partial charge in [-0.2, -0.15) is 0 Å². The molecule has 8 rings (SSSR count). The fraction of sp³-hybridized carbons (Fsp3) is 0. The molecule has 0 radical (unpaired) electrons. The second-order valence-electron chi connectivity index (χ2n) is 9.89. The van der Waals surface area contributed by atoms with E-state index >= 15 is 0 Å². The van der Waals surface area contributed by atoms with Crippen molar-refractivity contribution in [2.75, 3.05) is 0 Å². The molecule has 3 aromatic carbocycles. The Hall–Kier alpha value is -4.74. The maximum Gasteiger partial charge on any atom is 0.0743 e. The Morgan fingerprint density at radius 3 is 2.18 bits per heavy atom. The van der Waals surface area contributed by atoms with E-state index in [1.807, 2.05) is 12.2 Å². The van der Waals surface area contributed by atoms with Crippen molar-refractivity contribution in [1.82, 2.24) is 19.9 Å². The quantitative estimate of drug-likeness (QED) is 0.208. The van der Waals surface area contributed by atoms with Crippen LogP contribution in [0.1, 0.15) is 11.4 Å². The second kappa shape index (κ2) is 8.65. The first-order chi connectivity index (χ1) is 19.2. The number of H-pyrrole nitrogens is 2. The minimum absolute atomic E-state index is 0.910. The number of aromatic amines is 2. The molecule has 2 N–H and O–H groups in total. The predicted molar refractivity (Wildman–Crippen MR) is 165 cm³/mol. The molecule has 0 unspecified atom stereocenters. The van der Waals surface area contributed by atoms with Crippen LogP contribution < -0.4 is 0 Å². The molecule has 0 saturated carbocycles. The maximum absolute atomic E-state index is 5.21. The topological polar surface area (TPSA) is 57.4 Å². The number of aromatic nitrogens is 4.